The van der Waals surface area contributed by atoms with E-state index < -0.39 is 0 Å². The third-order valence-corrected chi connectivity index (χ3v) is 3.25. The lowest BCUT2D eigenvalue weighted by Gasteiger charge is -2.17. The van der Waals surface area contributed by atoms with Crippen LogP contribution >= 0.6 is 24.0 Å². The molecule has 0 aliphatic heterocycles. The van der Waals surface area contributed by atoms with Gasteiger partial charge in [-0.3, -0.25) is 4.99 Å². The zero-order valence-corrected chi connectivity index (χ0v) is 15.8. The molecular weight excluding hydrogens is 377 g/mol. The number of nitrogens with zero attached hydrogens (tertiary/aromatic N) is 1. The van der Waals surface area contributed by atoms with Crippen molar-refractivity contribution < 1.29 is 4.74 Å². The smallest absolute Gasteiger partial charge is 0.191 e. The van der Waals surface area contributed by atoms with Crippen molar-refractivity contribution in [1.29, 1.82) is 0 Å². The van der Waals surface area contributed by atoms with Crippen molar-refractivity contribution >= 4 is 29.9 Å². The van der Waals surface area contributed by atoms with Crippen LogP contribution in [0, 0.1) is 0 Å². The monoisotopic (exact) mass is 405 g/mol. The first kappa shape index (κ1) is 20.2. The molecule has 0 heterocycles. The van der Waals surface area contributed by atoms with E-state index in [0.717, 1.165) is 25.5 Å². The second kappa shape index (κ2) is 11.8. The summed E-state index contributed by atoms with van der Waals surface area (Å²) in [7, 11) is 1.80. The number of hydrogen-bond donors (Lipinski definition) is 2. The fourth-order valence-corrected chi connectivity index (χ4v) is 1.79. The van der Waals surface area contributed by atoms with Crippen LogP contribution in [0.5, 0.6) is 0 Å². The van der Waals surface area contributed by atoms with Crippen LogP contribution in [-0.4, -0.2) is 25.7 Å². The summed E-state index contributed by atoms with van der Waals surface area (Å²) < 4.78 is 5.50. The first-order valence-electron chi connectivity index (χ1n) is 7.32. The van der Waals surface area contributed by atoms with Gasteiger partial charge in [0, 0.05) is 26.2 Å². The lowest BCUT2D eigenvalue weighted by atomic mass is 10.1. The molecule has 5 heteroatoms. The number of benzene rings is 1. The van der Waals surface area contributed by atoms with E-state index in [1.54, 1.807) is 7.05 Å². The van der Waals surface area contributed by atoms with Gasteiger partial charge in [-0.1, -0.05) is 31.2 Å². The molecule has 0 amide bonds. The maximum absolute atomic E-state index is 5.50. The lowest BCUT2D eigenvalue weighted by Crippen LogP contribution is -2.41. The molecule has 1 atom stereocenters. The van der Waals surface area contributed by atoms with Gasteiger partial charge in [0.25, 0.3) is 0 Å². The highest BCUT2D eigenvalue weighted by atomic mass is 127. The Balaban J connectivity index is 0.00000400. The fourth-order valence-electron chi connectivity index (χ4n) is 1.79. The largest absolute Gasteiger partial charge is 0.377 e. The van der Waals surface area contributed by atoms with Crippen LogP contribution in [0.25, 0.3) is 0 Å². The molecule has 120 valence electrons. The Hall–Kier alpha value is -0.820. The van der Waals surface area contributed by atoms with Gasteiger partial charge in [-0.15, -0.1) is 24.0 Å². The van der Waals surface area contributed by atoms with Crippen molar-refractivity contribution in [2.24, 2.45) is 4.99 Å². The molecule has 0 aliphatic carbocycles. The predicted octanol–water partition coefficient (Wildman–Crippen LogP) is 3.30. The Morgan fingerprint density at radius 2 is 1.90 bits per heavy atom. The van der Waals surface area contributed by atoms with Gasteiger partial charge in [-0.05, 0) is 31.4 Å². The van der Waals surface area contributed by atoms with Gasteiger partial charge < -0.3 is 15.4 Å². The molecular formula is C16H28IN3O. The highest BCUT2D eigenvalue weighted by molar-refractivity contribution is 14.0. The van der Waals surface area contributed by atoms with Crippen LogP contribution in [-0.2, 0) is 17.9 Å². The second-order valence-corrected chi connectivity index (χ2v) is 4.79. The summed E-state index contributed by atoms with van der Waals surface area (Å²) in [4.78, 5) is 4.25. The van der Waals surface area contributed by atoms with E-state index in [9.17, 15) is 0 Å². The third-order valence-electron chi connectivity index (χ3n) is 3.25. The van der Waals surface area contributed by atoms with E-state index in [1.165, 1.54) is 11.1 Å². The predicted molar refractivity (Wildman–Crippen MR) is 100 cm³/mol. The van der Waals surface area contributed by atoms with Gasteiger partial charge in [0.05, 0.1) is 6.61 Å². The number of rotatable bonds is 7. The normalized spacial score (nSPS) is 12.5. The van der Waals surface area contributed by atoms with E-state index in [0.29, 0.717) is 12.6 Å². The van der Waals surface area contributed by atoms with E-state index >= 15 is 0 Å². The van der Waals surface area contributed by atoms with Crippen LogP contribution in [0.1, 0.15) is 38.3 Å². The van der Waals surface area contributed by atoms with E-state index in [1.807, 2.05) is 13.0 Å². The fraction of sp³-hybridized carbons (Fsp3) is 0.562. The van der Waals surface area contributed by atoms with Gasteiger partial charge in [-0.25, -0.2) is 0 Å². The van der Waals surface area contributed by atoms with Crippen molar-refractivity contribution in [1.82, 2.24) is 10.6 Å². The molecule has 0 aliphatic rings. The van der Waals surface area contributed by atoms with Gasteiger partial charge in [-0.2, -0.15) is 0 Å². The molecule has 0 saturated carbocycles. The number of aliphatic imine (C=N–C) groups is 1. The SMILES string of the molecule is CCOCc1ccccc1CNC(=NC)NC(C)CC.I. The van der Waals surface area contributed by atoms with Crippen molar-refractivity contribution in [3.63, 3.8) is 0 Å². The van der Waals surface area contributed by atoms with Crippen molar-refractivity contribution in [3.8, 4) is 0 Å². The highest BCUT2D eigenvalue weighted by Crippen LogP contribution is 2.09. The number of nitrogens with one attached hydrogen (secondary N) is 2. The van der Waals surface area contributed by atoms with Crippen LogP contribution in [0.3, 0.4) is 0 Å². The van der Waals surface area contributed by atoms with Crippen LogP contribution in [0.15, 0.2) is 29.3 Å². The third kappa shape index (κ3) is 7.66. The lowest BCUT2D eigenvalue weighted by molar-refractivity contribution is 0.133. The molecule has 1 aromatic carbocycles. The minimum absolute atomic E-state index is 0. The van der Waals surface area contributed by atoms with Crippen LogP contribution in [0.4, 0.5) is 0 Å². The zero-order chi connectivity index (χ0) is 14.8. The minimum atomic E-state index is 0. The van der Waals surface area contributed by atoms with Gasteiger partial charge in [0.2, 0.25) is 0 Å². The molecule has 1 unspecified atom stereocenters. The molecule has 2 N–H and O–H groups in total. The van der Waals surface area contributed by atoms with Gasteiger partial charge >= 0.3 is 0 Å². The van der Waals surface area contributed by atoms with Crippen LogP contribution < -0.4 is 10.6 Å². The summed E-state index contributed by atoms with van der Waals surface area (Å²) in [6.07, 6.45) is 1.07. The summed E-state index contributed by atoms with van der Waals surface area (Å²) in [5.74, 6) is 0.838. The topological polar surface area (TPSA) is 45.6 Å². The Labute approximate surface area is 145 Å². The number of ether oxygens (including phenoxy) is 1. The Morgan fingerprint density at radius 3 is 2.48 bits per heavy atom. The molecule has 0 spiro atoms. The average Bonchev–Trinajstić information content (AvgIpc) is 2.49. The highest BCUT2D eigenvalue weighted by Gasteiger charge is 2.05. The first-order chi connectivity index (χ1) is 9.71. The number of hydrogen-bond acceptors (Lipinski definition) is 2. The quantitative estimate of drug-likeness (QED) is 0.416. The first-order valence-corrected chi connectivity index (χ1v) is 7.32. The summed E-state index contributed by atoms with van der Waals surface area (Å²) >= 11 is 0. The minimum Gasteiger partial charge on any atom is -0.377 e. The molecule has 1 rings (SSSR count). The maximum Gasteiger partial charge on any atom is 0.191 e. The molecule has 0 aromatic heterocycles. The summed E-state index contributed by atoms with van der Waals surface area (Å²) in [6, 6.07) is 8.75. The molecule has 4 nitrogen and oxygen atoms in total. The standard InChI is InChI=1S/C16H27N3O.HI/c1-5-13(3)19-16(17-4)18-11-14-9-7-8-10-15(14)12-20-6-2;/h7-10,13H,5-6,11-12H2,1-4H3,(H2,17,18,19);1H. The van der Waals surface area contributed by atoms with Crippen molar-refractivity contribution in [3.05, 3.63) is 35.4 Å². The Morgan fingerprint density at radius 1 is 1.24 bits per heavy atom. The molecule has 0 saturated heterocycles. The van der Waals surface area contributed by atoms with Crippen molar-refractivity contribution in [2.75, 3.05) is 13.7 Å². The second-order valence-electron chi connectivity index (χ2n) is 4.79. The molecule has 0 fully saturated rings. The number of halogens is 1. The number of guanidine groups is 1. The van der Waals surface area contributed by atoms with E-state index in [-0.39, 0.29) is 24.0 Å². The summed E-state index contributed by atoms with van der Waals surface area (Å²) in [6.45, 7) is 8.46. The Bertz CT molecular complexity index is 424. The van der Waals surface area contributed by atoms with Gasteiger partial charge in [0.1, 0.15) is 0 Å². The molecule has 0 radical (unpaired) electrons. The Kier molecular flexibility index (Phi) is 11.3. The molecule has 1 aromatic rings. The maximum atomic E-state index is 5.50. The van der Waals surface area contributed by atoms with E-state index in [2.05, 4.69) is 47.7 Å². The van der Waals surface area contributed by atoms with Crippen LogP contribution in [0.2, 0.25) is 0 Å². The summed E-state index contributed by atoms with van der Waals surface area (Å²) in [5.41, 5.74) is 2.47. The van der Waals surface area contributed by atoms with Crippen molar-refractivity contribution in [2.45, 2.75) is 46.4 Å². The molecule has 0 bridgehead atoms. The molecule has 21 heavy (non-hydrogen) atoms. The zero-order valence-electron chi connectivity index (χ0n) is 13.5. The summed E-state index contributed by atoms with van der Waals surface area (Å²) in [5, 5.41) is 6.71. The average molecular weight is 405 g/mol. The van der Waals surface area contributed by atoms with Gasteiger partial charge in [0.15, 0.2) is 5.96 Å². The van der Waals surface area contributed by atoms with E-state index in [4.69, 9.17) is 4.74 Å².